The van der Waals surface area contributed by atoms with Crippen LogP contribution in [0.5, 0.6) is 0 Å². The van der Waals surface area contributed by atoms with Crippen molar-refractivity contribution in [2.45, 2.75) is 71.0 Å². The molecule has 0 aromatic heterocycles. The van der Waals surface area contributed by atoms with E-state index >= 15 is 0 Å². The quantitative estimate of drug-likeness (QED) is 0.829. The molecule has 19 heavy (non-hydrogen) atoms. The van der Waals surface area contributed by atoms with Crippen LogP contribution in [-0.4, -0.2) is 48.8 Å². The third kappa shape index (κ3) is 3.14. The van der Waals surface area contributed by atoms with Crippen LogP contribution in [0.15, 0.2) is 0 Å². The predicted molar refractivity (Wildman–Crippen MR) is 80.5 cm³/mol. The van der Waals surface area contributed by atoms with Gasteiger partial charge in [0, 0.05) is 37.3 Å². The summed E-state index contributed by atoms with van der Waals surface area (Å²) < 4.78 is 5.60. The molecule has 2 aliphatic heterocycles. The molecule has 3 atom stereocenters. The third-order valence-corrected chi connectivity index (χ3v) is 5.66. The maximum atomic E-state index is 5.60. The van der Waals surface area contributed by atoms with Crippen molar-refractivity contribution in [1.82, 2.24) is 10.2 Å². The van der Waals surface area contributed by atoms with Gasteiger partial charge in [-0.25, -0.2) is 0 Å². The van der Waals surface area contributed by atoms with Crippen molar-refractivity contribution in [1.29, 1.82) is 0 Å². The zero-order valence-electron chi connectivity index (χ0n) is 13.2. The highest BCUT2D eigenvalue weighted by atomic mass is 16.5. The fourth-order valence-electron chi connectivity index (χ4n) is 3.77. The topological polar surface area (TPSA) is 24.5 Å². The van der Waals surface area contributed by atoms with E-state index < -0.39 is 0 Å². The molecule has 0 saturated carbocycles. The maximum absolute atomic E-state index is 5.60. The fraction of sp³-hybridized carbons (Fsp3) is 1.00. The Morgan fingerprint density at radius 2 is 2.05 bits per heavy atom. The van der Waals surface area contributed by atoms with E-state index in [1.807, 2.05) is 0 Å². The minimum absolute atomic E-state index is 0.333. The van der Waals surface area contributed by atoms with Gasteiger partial charge in [0.25, 0.3) is 0 Å². The Labute approximate surface area is 119 Å². The molecule has 0 amide bonds. The molecular formula is C16H32N2O. The fourth-order valence-corrected chi connectivity index (χ4v) is 3.77. The van der Waals surface area contributed by atoms with Crippen LogP contribution in [0.3, 0.4) is 0 Å². The van der Waals surface area contributed by atoms with E-state index in [0.29, 0.717) is 17.6 Å². The first-order chi connectivity index (χ1) is 9.15. The number of hydrogen-bond acceptors (Lipinski definition) is 3. The normalized spacial score (nSPS) is 33.5. The molecule has 2 fully saturated rings. The molecule has 0 aliphatic carbocycles. The highest BCUT2D eigenvalue weighted by molar-refractivity contribution is 4.99. The number of rotatable bonds is 5. The van der Waals surface area contributed by atoms with Crippen LogP contribution in [-0.2, 0) is 4.74 Å². The number of hydrogen-bond donors (Lipinski definition) is 1. The van der Waals surface area contributed by atoms with Gasteiger partial charge in [0.2, 0.25) is 0 Å². The van der Waals surface area contributed by atoms with Crippen molar-refractivity contribution in [3.63, 3.8) is 0 Å². The van der Waals surface area contributed by atoms with Crippen LogP contribution in [0.25, 0.3) is 0 Å². The molecule has 3 nitrogen and oxygen atoms in total. The molecule has 2 rings (SSSR count). The maximum Gasteiger partial charge on any atom is 0.0509 e. The van der Waals surface area contributed by atoms with Crippen molar-refractivity contribution in [3.8, 4) is 0 Å². The molecule has 0 bridgehead atoms. The van der Waals surface area contributed by atoms with Gasteiger partial charge >= 0.3 is 0 Å². The summed E-state index contributed by atoms with van der Waals surface area (Å²) in [4.78, 5) is 2.78. The lowest BCUT2D eigenvalue weighted by atomic mass is 9.85. The Bertz CT molecular complexity index is 272. The first-order valence-corrected chi connectivity index (χ1v) is 8.24. The van der Waals surface area contributed by atoms with Crippen LogP contribution in [0.4, 0.5) is 0 Å². The number of ether oxygens (including phenoxy) is 1. The molecular weight excluding hydrogens is 236 g/mol. The lowest BCUT2D eigenvalue weighted by molar-refractivity contribution is 0.0174. The number of nitrogens with zero attached hydrogens (tertiary/aromatic N) is 1. The third-order valence-electron chi connectivity index (χ3n) is 5.66. The van der Waals surface area contributed by atoms with Crippen molar-refractivity contribution >= 4 is 0 Å². The van der Waals surface area contributed by atoms with Crippen LogP contribution in [0.2, 0.25) is 0 Å². The number of nitrogens with one attached hydrogen (secondary N) is 1. The van der Waals surface area contributed by atoms with Gasteiger partial charge in [0.05, 0.1) is 6.61 Å². The Balaban J connectivity index is 2.08. The smallest absolute Gasteiger partial charge is 0.0509 e. The molecule has 0 aromatic carbocycles. The second kappa shape index (κ2) is 6.55. The van der Waals surface area contributed by atoms with Crippen molar-refractivity contribution < 1.29 is 4.74 Å². The Kier molecular flexibility index (Phi) is 5.27. The molecule has 3 unspecified atom stereocenters. The van der Waals surface area contributed by atoms with E-state index in [0.717, 1.165) is 25.7 Å². The highest BCUT2D eigenvalue weighted by Gasteiger charge is 2.40. The zero-order valence-corrected chi connectivity index (χ0v) is 13.2. The van der Waals surface area contributed by atoms with Gasteiger partial charge in [-0.05, 0) is 38.5 Å². The van der Waals surface area contributed by atoms with Crippen LogP contribution in [0, 0.1) is 5.92 Å². The molecule has 0 radical (unpaired) electrons. The standard InChI is InChI=1S/C16H32N2O/c1-5-15-10-17-16(6-2,7-3)12-18(15)13(4)14-8-9-19-11-14/h13-15,17H,5-12H2,1-4H3. The van der Waals surface area contributed by atoms with E-state index in [1.54, 1.807) is 0 Å². The SMILES string of the molecule is CCC1CNC(CC)(CC)CN1C(C)C1CCOC1. The summed E-state index contributed by atoms with van der Waals surface area (Å²) in [5.74, 6) is 0.735. The summed E-state index contributed by atoms with van der Waals surface area (Å²) in [6, 6.07) is 1.36. The average molecular weight is 268 g/mol. The Morgan fingerprint density at radius 1 is 1.32 bits per heavy atom. The van der Waals surface area contributed by atoms with Gasteiger partial charge in [0.15, 0.2) is 0 Å². The largest absolute Gasteiger partial charge is 0.381 e. The molecule has 112 valence electrons. The summed E-state index contributed by atoms with van der Waals surface area (Å²) in [6.45, 7) is 13.7. The molecule has 0 spiro atoms. The van der Waals surface area contributed by atoms with Crippen LogP contribution < -0.4 is 5.32 Å². The van der Waals surface area contributed by atoms with E-state index in [4.69, 9.17) is 4.74 Å². The van der Waals surface area contributed by atoms with E-state index in [-0.39, 0.29) is 0 Å². The minimum Gasteiger partial charge on any atom is -0.381 e. The summed E-state index contributed by atoms with van der Waals surface area (Å²) in [6.07, 6.45) is 4.94. The van der Waals surface area contributed by atoms with E-state index in [2.05, 4.69) is 37.9 Å². The molecule has 1 N–H and O–H groups in total. The molecule has 2 heterocycles. The molecule has 3 heteroatoms. The van der Waals surface area contributed by atoms with Crippen LogP contribution in [0.1, 0.15) is 53.4 Å². The Hall–Kier alpha value is -0.120. The highest BCUT2D eigenvalue weighted by Crippen LogP contribution is 2.30. The summed E-state index contributed by atoms with van der Waals surface area (Å²) in [7, 11) is 0. The van der Waals surface area contributed by atoms with E-state index in [1.165, 1.54) is 32.2 Å². The van der Waals surface area contributed by atoms with Gasteiger partial charge in [0.1, 0.15) is 0 Å². The van der Waals surface area contributed by atoms with Gasteiger partial charge in [-0.15, -0.1) is 0 Å². The summed E-state index contributed by atoms with van der Waals surface area (Å²) in [5.41, 5.74) is 0.333. The Morgan fingerprint density at radius 3 is 2.58 bits per heavy atom. The monoisotopic (exact) mass is 268 g/mol. The van der Waals surface area contributed by atoms with Gasteiger partial charge in [-0.1, -0.05) is 20.8 Å². The first kappa shape index (κ1) is 15.3. The van der Waals surface area contributed by atoms with Crippen molar-refractivity contribution in [3.05, 3.63) is 0 Å². The van der Waals surface area contributed by atoms with Crippen LogP contribution >= 0.6 is 0 Å². The summed E-state index contributed by atoms with van der Waals surface area (Å²) in [5, 5.41) is 3.84. The zero-order chi connectivity index (χ0) is 13.9. The van der Waals surface area contributed by atoms with Gasteiger partial charge in [-0.3, -0.25) is 4.90 Å². The second-order valence-corrected chi connectivity index (χ2v) is 6.47. The lowest BCUT2D eigenvalue weighted by Crippen LogP contribution is -2.66. The predicted octanol–water partition coefficient (Wildman–Crippen LogP) is 2.65. The second-order valence-electron chi connectivity index (χ2n) is 6.47. The van der Waals surface area contributed by atoms with Gasteiger partial charge in [-0.2, -0.15) is 0 Å². The lowest BCUT2D eigenvalue weighted by Gasteiger charge is -2.50. The minimum atomic E-state index is 0.333. The molecule has 2 saturated heterocycles. The number of piperazine rings is 1. The molecule has 2 aliphatic rings. The first-order valence-electron chi connectivity index (χ1n) is 8.24. The summed E-state index contributed by atoms with van der Waals surface area (Å²) >= 11 is 0. The van der Waals surface area contributed by atoms with E-state index in [9.17, 15) is 0 Å². The van der Waals surface area contributed by atoms with Gasteiger partial charge < -0.3 is 10.1 Å². The average Bonchev–Trinajstić information content (AvgIpc) is 3.00. The van der Waals surface area contributed by atoms with Crippen molar-refractivity contribution in [2.75, 3.05) is 26.3 Å². The molecule has 0 aromatic rings. The van der Waals surface area contributed by atoms with Crippen molar-refractivity contribution in [2.24, 2.45) is 5.92 Å².